The van der Waals surface area contributed by atoms with Crippen molar-refractivity contribution in [3.63, 3.8) is 0 Å². The fourth-order valence-electron chi connectivity index (χ4n) is 4.15. The van der Waals surface area contributed by atoms with Gasteiger partial charge in [-0.05, 0) is 51.4 Å². The number of carbonyl (C=O) groups is 2. The number of hydrogen-bond donors (Lipinski definition) is 3. The van der Waals surface area contributed by atoms with Gasteiger partial charge in [0.1, 0.15) is 12.7 Å². The Morgan fingerprint density at radius 2 is 1.16 bits per heavy atom. The molecule has 0 radical (unpaired) electrons. The van der Waals surface area contributed by atoms with Gasteiger partial charge >= 0.3 is 19.8 Å². The summed E-state index contributed by atoms with van der Waals surface area (Å²) in [6, 6.07) is 0. The van der Waals surface area contributed by atoms with Crippen LogP contribution in [0, 0.1) is 0 Å². The van der Waals surface area contributed by atoms with Gasteiger partial charge < -0.3 is 24.6 Å². The molecule has 0 aromatic heterocycles. The number of phosphoric acid groups is 1. The molecule has 0 aliphatic heterocycles. The van der Waals surface area contributed by atoms with Gasteiger partial charge in [-0.15, -0.1) is 0 Å². The summed E-state index contributed by atoms with van der Waals surface area (Å²) in [5.74, 6) is -0.953. The van der Waals surface area contributed by atoms with Crippen molar-refractivity contribution in [3.05, 3.63) is 24.3 Å². The Morgan fingerprint density at radius 3 is 1.73 bits per heavy atom. The van der Waals surface area contributed by atoms with Gasteiger partial charge in [0.2, 0.25) is 0 Å². The first-order chi connectivity index (χ1) is 21.2. The Labute approximate surface area is 266 Å². The summed E-state index contributed by atoms with van der Waals surface area (Å²) in [5, 5.41) is 18.2. The van der Waals surface area contributed by atoms with E-state index in [2.05, 4.69) is 42.7 Å². The number of carbonyl (C=O) groups excluding carboxylic acids is 2. The second kappa shape index (κ2) is 30.1. The molecule has 3 unspecified atom stereocenters. The Kier molecular flexibility index (Phi) is 29.1. The molecule has 10 nitrogen and oxygen atoms in total. The summed E-state index contributed by atoms with van der Waals surface area (Å²) in [6.07, 6.45) is 24.5. The third-order valence-corrected chi connectivity index (χ3v) is 7.76. The monoisotopic (exact) mass is 648 g/mol. The van der Waals surface area contributed by atoms with Crippen LogP contribution in [0.4, 0.5) is 0 Å². The van der Waals surface area contributed by atoms with E-state index in [-0.39, 0.29) is 19.4 Å². The molecule has 0 saturated heterocycles. The van der Waals surface area contributed by atoms with E-state index in [9.17, 15) is 24.2 Å². The summed E-state index contributed by atoms with van der Waals surface area (Å²) < 4.78 is 32.4. The molecule has 258 valence electrons. The molecule has 0 fully saturated rings. The number of hydrogen-bond acceptors (Lipinski definition) is 9. The molecule has 0 aliphatic carbocycles. The van der Waals surface area contributed by atoms with E-state index in [1.54, 1.807) is 0 Å². The number of esters is 2. The molecular weight excluding hydrogens is 587 g/mol. The summed E-state index contributed by atoms with van der Waals surface area (Å²) in [4.78, 5) is 34.6. The molecule has 0 heterocycles. The quantitative estimate of drug-likeness (QED) is 0.0299. The lowest BCUT2D eigenvalue weighted by atomic mass is 10.1. The van der Waals surface area contributed by atoms with Crippen LogP contribution in [-0.2, 0) is 32.7 Å². The minimum atomic E-state index is -4.60. The van der Waals surface area contributed by atoms with Crippen LogP contribution in [0.5, 0.6) is 0 Å². The predicted octanol–water partition coefficient (Wildman–Crippen LogP) is 7.49. The number of allylic oxidation sites excluding steroid dienone is 4. The standard InChI is InChI=1S/C33H61O10P/c1-3-5-7-9-11-13-15-17-19-21-23-25-33(37)43-31(29-42-44(38,39)41-27-30(35)26-34)28-40-32(36)24-22-20-18-16-14-12-10-8-6-4-2/h8-11,30-31,34-35H,3-7,12-29H2,1-2H3,(H,38,39)/b10-8-,11-9-. The number of unbranched alkanes of at least 4 members (excludes halogenated alkanes) is 13. The summed E-state index contributed by atoms with van der Waals surface area (Å²) in [5.41, 5.74) is 0. The number of aliphatic hydroxyl groups excluding tert-OH is 2. The smallest absolute Gasteiger partial charge is 0.462 e. The Balaban J connectivity index is 4.47. The lowest BCUT2D eigenvalue weighted by molar-refractivity contribution is -0.161. The predicted molar refractivity (Wildman–Crippen MR) is 173 cm³/mol. The third kappa shape index (κ3) is 29.2. The van der Waals surface area contributed by atoms with Crippen molar-refractivity contribution in [2.24, 2.45) is 0 Å². The highest BCUT2D eigenvalue weighted by molar-refractivity contribution is 7.47. The van der Waals surface area contributed by atoms with Gasteiger partial charge in [-0.3, -0.25) is 18.6 Å². The lowest BCUT2D eigenvalue weighted by Crippen LogP contribution is -2.29. The third-order valence-electron chi connectivity index (χ3n) is 6.81. The maximum absolute atomic E-state index is 12.5. The summed E-state index contributed by atoms with van der Waals surface area (Å²) >= 11 is 0. The van der Waals surface area contributed by atoms with E-state index in [0.717, 1.165) is 83.5 Å². The summed E-state index contributed by atoms with van der Waals surface area (Å²) in [6.45, 7) is 2.22. The van der Waals surface area contributed by atoms with Crippen molar-refractivity contribution in [2.45, 2.75) is 148 Å². The maximum Gasteiger partial charge on any atom is 0.472 e. The molecule has 0 amide bonds. The molecule has 0 aromatic carbocycles. The minimum absolute atomic E-state index is 0.172. The van der Waals surface area contributed by atoms with Gasteiger partial charge in [-0.2, -0.15) is 0 Å². The van der Waals surface area contributed by atoms with Gasteiger partial charge in [0.25, 0.3) is 0 Å². The van der Waals surface area contributed by atoms with Gasteiger partial charge in [0.05, 0.1) is 19.8 Å². The first-order valence-electron chi connectivity index (χ1n) is 16.8. The highest BCUT2D eigenvalue weighted by Crippen LogP contribution is 2.43. The number of phosphoric ester groups is 1. The Hall–Kier alpha value is -1.55. The normalized spacial score (nSPS) is 14.6. The van der Waals surface area contributed by atoms with Crippen molar-refractivity contribution in [1.82, 2.24) is 0 Å². The molecule has 0 saturated carbocycles. The van der Waals surface area contributed by atoms with Gasteiger partial charge in [0.15, 0.2) is 6.10 Å². The van der Waals surface area contributed by atoms with Crippen LogP contribution >= 0.6 is 7.82 Å². The van der Waals surface area contributed by atoms with Crippen LogP contribution in [0.15, 0.2) is 24.3 Å². The van der Waals surface area contributed by atoms with E-state index in [4.69, 9.17) is 19.1 Å². The Bertz CT molecular complexity index is 801. The first-order valence-corrected chi connectivity index (χ1v) is 18.3. The van der Waals surface area contributed by atoms with E-state index in [1.165, 1.54) is 12.8 Å². The number of ether oxygens (including phenoxy) is 2. The minimum Gasteiger partial charge on any atom is -0.462 e. The average molecular weight is 649 g/mol. The zero-order valence-electron chi connectivity index (χ0n) is 27.4. The van der Waals surface area contributed by atoms with E-state index in [0.29, 0.717) is 12.8 Å². The fraction of sp³-hybridized carbons (Fsp3) is 0.818. The number of aliphatic hydroxyl groups is 2. The van der Waals surface area contributed by atoms with Crippen molar-refractivity contribution >= 4 is 19.8 Å². The average Bonchev–Trinajstić information content (AvgIpc) is 3.00. The van der Waals surface area contributed by atoms with Crippen molar-refractivity contribution < 1.29 is 47.8 Å². The Morgan fingerprint density at radius 1 is 0.659 bits per heavy atom. The van der Waals surface area contributed by atoms with Crippen LogP contribution in [0.3, 0.4) is 0 Å². The fourth-order valence-corrected chi connectivity index (χ4v) is 4.94. The molecule has 3 N–H and O–H groups in total. The zero-order valence-corrected chi connectivity index (χ0v) is 28.3. The molecule has 0 aromatic rings. The topological polar surface area (TPSA) is 149 Å². The molecule has 0 aliphatic rings. The second-order valence-corrected chi connectivity index (χ2v) is 12.6. The highest BCUT2D eigenvalue weighted by atomic mass is 31.2. The van der Waals surface area contributed by atoms with E-state index in [1.807, 2.05) is 0 Å². The maximum atomic E-state index is 12.5. The van der Waals surface area contributed by atoms with Crippen molar-refractivity contribution in [2.75, 3.05) is 26.4 Å². The van der Waals surface area contributed by atoms with E-state index >= 15 is 0 Å². The van der Waals surface area contributed by atoms with Gasteiger partial charge in [-0.25, -0.2) is 4.57 Å². The molecule has 0 rings (SSSR count). The number of rotatable bonds is 31. The molecule has 11 heteroatoms. The van der Waals surface area contributed by atoms with Crippen LogP contribution in [0.1, 0.15) is 136 Å². The molecule has 44 heavy (non-hydrogen) atoms. The van der Waals surface area contributed by atoms with E-state index < -0.39 is 51.8 Å². The largest absolute Gasteiger partial charge is 0.472 e. The van der Waals surface area contributed by atoms with Crippen LogP contribution in [0.2, 0.25) is 0 Å². The van der Waals surface area contributed by atoms with Crippen LogP contribution in [-0.4, -0.2) is 65.7 Å². The van der Waals surface area contributed by atoms with Crippen LogP contribution in [0.25, 0.3) is 0 Å². The van der Waals surface area contributed by atoms with Crippen molar-refractivity contribution in [1.29, 1.82) is 0 Å². The molecule has 3 atom stereocenters. The van der Waals surface area contributed by atoms with Gasteiger partial charge in [0, 0.05) is 12.8 Å². The lowest BCUT2D eigenvalue weighted by Gasteiger charge is -2.20. The van der Waals surface area contributed by atoms with Gasteiger partial charge in [-0.1, -0.05) is 95.9 Å². The summed E-state index contributed by atoms with van der Waals surface area (Å²) in [7, 11) is -4.60. The molecule has 0 spiro atoms. The highest BCUT2D eigenvalue weighted by Gasteiger charge is 2.27. The zero-order chi connectivity index (χ0) is 32.7. The van der Waals surface area contributed by atoms with Crippen molar-refractivity contribution in [3.8, 4) is 0 Å². The molecule has 0 bridgehead atoms. The molecular formula is C33H61O10P. The van der Waals surface area contributed by atoms with Crippen LogP contribution < -0.4 is 0 Å². The SMILES string of the molecule is CCC/C=C\CCCCCCCC(=O)OCC(COP(=O)(O)OCC(O)CO)OC(=O)CCCCCCC/C=C\CCCC. The first kappa shape index (κ1) is 42.5. The second-order valence-electron chi connectivity index (χ2n) is 11.2.